The molecule has 1 saturated heterocycles. The number of sulfonamides is 1. The van der Waals surface area contributed by atoms with Gasteiger partial charge in [0.25, 0.3) is 0 Å². The van der Waals surface area contributed by atoms with Gasteiger partial charge in [-0.2, -0.15) is 0 Å². The van der Waals surface area contributed by atoms with Gasteiger partial charge in [0.1, 0.15) is 5.58 Å². The number of likely N-dealkylation sites (tertiary alicyclic amines) is 1. The van der Waals surface area contributed by atoms with Gasteiger partial charge in [-0.15, -0.1) is 0 Å². The Morgan fingerprint density at radius 2 is 1.84 bits per heavy atom. The normalized spacial score (nSPS) is 17.7. The highest BCUT2D eigenvalue weighted by Crippen LogP contribution is 2.26. The highest BCUT2D eigenvalue weighted by molar-refractivity contribution is 7.89. The Morgan fingerprint density at radius 3 is 2.59 bits per heavy atom. The Kier molecular flexibility index (Phi) is 6.51. The van der Waals surface area contributed by atoms with Crippen molar-refractivity contribution in [1.82, 2.24) is 9.62 Å². The summed E-state index contributed by atoms with van der Waals surface area (Å²) in [6.45, 7) is 8.67. The Morgan fingerprint density at radius 1 is 1.09 bits per heavy atom. The summed E-state index contributed by atoms with van der Waals surface area (Å²) in [6, 6.07) is 12.6. The van der Waals surface area contributed by atoms with Gasteiger partial charge in [-0.25, -0.2) is 17.9 Å². The molecule has 3 aromatic rings. The maximum Gasteiger partial charge on any atom is 0.336 e. The number of nitrogens with zero attached hydrogens (tertiary/aromatic N) is 1. The maximum atomic E-state index is 12.6. The fourth-order valence-electron chi connectivity index (χ4n) is 4.39. The van der Waals surface area contributed by atoms with Crippen molar-refractivity contribution in [2.45, 2.75) is 45.1 Å². The van der Waals surface area contributed by atoms with Crippen molar-refractivity contribution >= 4 is 21.0 Å². The maximum absolute atomic E-state index is 12.6. The predicted octanol–water partition coefficient (Wildman–Crippen LogP) is 3.91. The Balaban J connectivity index is 1.45. The monoisotopic (exact) mass is 454 g/mol. The first-order valence-electron chi connectivity index (χ1n) is 11.0. The van der Waals surface area contributed by atoms with E-state index in [4.69, 9.17) is 4.42 Å². The molecule has 1 aliphatic heterocycles. The highest BCUT2D eigenvalue weighted by Gasteiger charge is 2.23. The van der Waals surface area contributed by atoms with Crippen molar-refractivity contribution in [2.24, 2.45) is 5.92 Å². The van der Waals surface area contributed by atoms with Gasteiger partial charge in [0, 0.05) is 31.1 Å². The highest BCUT2D eigenvalue weighted by atomic mass is 32.2. The topological polar surface area (TPSA) is 79.6 Å². The summed E-state index contributed by atoms with van der Waals surface area (Å²) < 4.78 is 33.5. The molecule has 0 saturated carbocycles. The molecule has 1 N–H and O–H groups in total. The smallest absolute Gasteiger partial charge is 0.336 e. The lowest BCUT2D eigenvalue weighted by Gasteiger charge is -2.33. The van der Waals surface area contributed by atoms with Crippen molar-refractivity contribution in [3.8, 4) is 0 Å². The van der Waals surface area contributed by atoms with Gasteiger partial charge in [0.2, 0.25) is 10.0 Å². The van der Waals surface area contributed by atoms with E-state index in [1.165, 1.54) is 0 Å². The van der Waals surface area contributed by atoms with Gasteiger partial charge in [0.15, 0.2) is 0 Å². The zero-order chi connectivity index (χ0) is 22.9. The van der Waals surface area contributed by atoms with Crippen molar-refractivity contribution in [2.75, 3.05) is 19.6 Å². The summed E-state index contributed by atoms with van der Waals surface area (Å²) in [6.07, 6.45) is 1.97. The minimum absolute atomic E-state index is 0.222. The third kappa shape index (κ3) is 4.95. The molecule has 1 atom stereocenters. The quantitative estimate of drug-likeness (QED) is 0.572. The number of benzene rings is 2. The lowest BCUT2D eigenvalue weighted by Crippen LogP contribution is -2.40. The molecule has 0 spiro atoms. The Labute approximate surface area is 189 Å². The fraction of sp³-hybridized carbons (Fsp3) is 0.400. The van der Waals surface area contributed by atoms with Crippen LogP contribution in [0.3, 0.4) is 0 Å². The van der Waals surface area contributed by atoms with Gasteiger partial charge < -0.3 is 4.42 Å². The minimum atomic E-state index is -3.52. The molecular weight excluding hydrogens is 424 g/mol. The zero-order valence-electron chi connectivity index (χ0n) is 18.8. The summed E-state index contributed by atoms with van der Waals surface area (Å²) in [5, 5.41) is 0.967. The molecule has 0 aliphatic carbocycles. The van der Waals surface area contributed by atoms with E-state index in [0.29, 0.717) is 23.6 Å². The van der Waals surface area contributed by atoms with Crippen LogP contribution in [-0.2, 0) is 16.6 Å². The number of fused-ring (bicyclic) bond motifs is 1. The average Bonchev–Trinajstić information content (AvgIpc) is 2.76. The van der Waals surface area contributed by atoms with Crippen molar-refractivity contribution in [1.29, 1.82) is 0 Å². The SMILES string of the molecule is Cc1ccc(S(=O)(=O)NCC2CCCN(Cc3cc(=O)oc4c(C)c(C)ccc34)C2)cc1. The van der Waals surface area contributed by atoms with E-state index in [1.807, 2.05) is 26.8 Å². The van der Waals surface area contributed by atoms with Crippen LogP contribution in [0.5, 0.6) is 0 Å². The molecule has 0 radical (unpaired) electrons. The van der Waals surface area contributed by atoms with Crippen molar-refractivity contribution < 1.29 is 12.8 Å². The molecule has 6 nitrogen and oxygen atoms in total. The molecule has 4 rings (SSSR count). The van der Waals surface area contributed by atoms with Crippen LogP contribution in [-0.4, -0.2) is 33.0 Å². The third-order valence-corrected chi connectivity index (χ3v) is 7.85. The molecular formula is C25H30N2O4S. The van der Waals surface area contributed by atoms with Crippen LogP contribution in [0.25, 0.3) is 11.0 Å². The van der Waals surface area contributed by atoms with E-state index in [-0.39, 0.29) is 11.5 Å². The predicted molar refractivity (Wildman–Crippen MR) is 126 cm³/mol. The van der Waals surface area contributed by atoms with E-state index in [2.05, 4.69) is 15.7 Å². The van der Waals surface area contributed by atoms with Crippen LogP contribution in [0.15, 0.2) is 56.6 Å². The first kappa shape index (κ1) is 22.7. The Bertz CT molecular complexity index is 1280. The average molecular weight is 455 g/mol. The van der Waals surface area contributed by atoms with E-state index in [0.717, 1.165) is 53.6 Å². The molecule has 0 amide bonds. The molecule has 7 heteroatoms. The number of nitrogens with one attached hydrogen (secondary N) is 1. The molecule has 32 heavy (non-hydrogen) atoms. The second kappa shape index (κ2) is 9.17. The number of hydrogen-bond acceptors (Lipinski definition) is 5. The fourth-order valence-corrected chi connectivity index (χ4v) is 5.50. The van der Waals surface area contributed by atoms with E-state index in [1.54, 1.807) is 30.3 Å². The molecule has 170 valence electrons. The largest absolute Gasteiger partial charge is 0.422 e. The second-order valence-electron chi connectivity index (χ2n) is 8.88. The number of rotatable bonds is 6. The zero-order valence-corrected chi connectivity index (χ0v) is 19.7. The molecule has 1 aliphatic rings. The minimum Gasteiger partial charge on any atom is -0.422 e. The van der Waals surface area contributed by atoms with Gasteiger partial charge in [-0.1, -0.05) is 29.8 Å². The van der Waals surface area contributed by atoms with E-state index in [9.17, 15) is 13.2 Å². The molecule has 1 aromatic heterocycles. The lowest BCUT2D eigenvalue weighted by molar-refractivity contribution is 0.169. The Hall–Kier alpha value is -2.48. The van der Waals surface area contributed by atoms with Crippen LogP contribution < -0.4 is 10.3 Å². The number of hydrogen-bond donors (Lipinski definition) is 1. The van der Waals surface area contributed by atoms with Gasteiger partial charge >= 0.3 is 5.63 Å². The lowest BCUT2D eigenvalue weighted by atomic mass is 9.97. The molecule has 2 aromatic carbocycles. The van der Waals surface area contributed by atoms with E-state index >= 15 is 0 Å². The summed E-state index contributed by atoms with van der Waals surface area (Å²) in [4.78, 5) is 14.8. The number of aryl methyl sites for hydroxylation is 3. The van der Waals surface area contributed by atoms with Crippen molar-refractivity contribution in [3.63, 3.8) is 0 Å². The van der Waals surface area contributed by atoms with Crippen LogP contribution >= 0.6 is 0 Å². The van der Waals surface area contributed by atoms with E-state index < -0.39 is 10.0 Å². The number of piperidine rings is 1. The van der Waals surface area contributed by atoms with Crippen molar-refractivity contribution in [3.05, 3.63) is 75.1 Å². The molecule has 1 fully saturated rings. The van der Waals surface area contributed by atoms with Crippen LogP contribution in [0, 0.1) is 26.7 Å². The molecule has 0 bridgehead atoms. The first-order valence-corrected chi connectivity index (χ1v) is 12.5. The van der Waals surface area contributed by atoms with Crippen LogP contribution in [0.2, 0.25) is 0 Å². The summed E-state index contributed by atoms with van der Waals surface area (Å²) in [7, 11) is -3.52. The van der Waals surface area contributed by atoms with Gasteiger partial charge in [-0.05, 0) is 74.9 Å². The standard InChI is InChI=1S/C25H30N2O4S/c1-17-6-9-22(10-7-17)32(29,30)26-14-20-5-4-12-27(15-20)16-21-13-24(28)31-25-19(3)18(2)8-11-23(21)25/h6-11,13,20,26H,4-5,12,14-16H2,1-3H3. The van der Waals surface area contributed by atoms with Gasteiger partial charge in [0.05, 0.1) is 4.90 Å². The third-order valence-electron chi connectivity index (χ3n) is 6.41. The van der Waals surface area contributed by atoms with Gasteiger partial charge in [-0.3, -0.25) is 4.90 Å². The second-order valence-corrected chi connectivity index (χ2v) is 10.7. The summed E-state index contributed by atoms with van der Waals surface area (Å²) >= 11 is 0. The van der Waals surface area contributed by atoms with Crippen LogP contribution in [0.4, 0.5) is 0 Å². The summed E-state index contributed by atoms with van der Waals surface area (Å²) in [5.41, 5.74) is 4.40. The molecule has 1 unspecified atom stereocenters. The first-order chi connectivity index (χ1) is 15.2. The van der Waals surface area contributed by atoms with Crippen LogP contribution in [0.1, 0.15) is 35.1 Å². The molecule has 2 heterocycles. The summed E-state index contributed by atoms with van der Waals surface area (Å²) in [5.74, 6) is 0.222.